The fraction of sp³-hybridized carbons (Fsp3) is 0.375. The summed E-state index contributed by atoms with van der Waals surface area (Å²) < 4.78 is 5.34. The summed E-state index contributed by atoms with van der Waals surface area (Å²) in [6.07, 6.45) is 4.82. The van der Waals surface area contributed by atoms with Crippen LogP contribution >= 0.6 is 24.8 Å². The SMILES string of the molecule is Cl.Cl.NCC1(C(=O)Nc2ccc(-c3ncc[nH]3)cc2)CCOCC1. The summed E-state index contributed by atoms with van der Waals surface area (Å²) in [7, 11) is 0. The van der Waals surface area contributed by atoms with Crippen molar-refractivity contribution in [1.29, 1.82) is 0 Å². The molecule has 24 heavy (non-hydrogen) atoms. The maximum Gasteiger partial charge on any atom is 0.232 e. The van der Waals surface area contributed by atoms with Gasteiger partial charge in [-0.2, -0.15) is 0 Å². The normalized spacial score (nSPS) is 15.7. The Kier molecular flexibility index (Phi) is 7.69. The molecule has 8 heteroatoms. The largest absolute Gasteiger partial charge is 0.381 e. The van der Waals surface area contributed by atoms with Crippen LogP contribution in [0, 0.1) is 5.41 Å². The van der Waals surface area contributed by atoms with Crippen molar-refractivity contribution in [1.82, 2.24) is 9.97 Å². The summed E-state index contributed by atoms with van der Waals surface area (Å²) in [6, 6.07) is 7.60. The van der Waals surface area contributed by atoms with Crippen molar-refractivity contribution >= 4 is 36.4 Å². The summed E-state index contributed by atoms with van der Waals surface area (Å²) in [6.45, 7) is 1.51. The van der Waals surface area contributed by atoms with Gasteiger partial charge in [0.25, 0.3) is 0 Å². The number of amides is 1. The number of anilines is 1. The molecule has 0 bridgehead atoms. The number of aromatic nitrogens is 2. The van der Waals surface area contributed by atoms with E-state index in [0.29, 0.717) is 32.6 Å². The van der Waals surface area contributed by atoms with Crippen molar-refractivity contribution in [2.24, 2.45) is 11.1 Å². The van der Waals surface area contributed by atoms with Crippen LogP contribution in [0.1, 0.15) is 12.8 Å². The second-order valence-electron chi connectivity index (χ2n) is 5.57. The molecule has 132 valence electrons. The molecule has 4 N–H and O–H groups in total. The molecule has 1 amide bonds. The minimum Gasteiger partial charge on any atom is -0.381 e. The van der Waals surface area contributed by atoms with Crippen LogP contribution in [-0.2, 0) is 9.53 Å². The van der Waals surface area contributed by atoms with E-state index in [2.05, 4.69) is 15.3 Å². The lowest BCUT2D eigenvalue weighted by Crippen LogP contribution is -2.46. The van der Waals surface area contributed by atoms with Gasteiger partial charge in [-0.25, -0.2) is 4.98 Å². The summed E-state index contributed by atoms with van der Waals surface area (Å²) in [4.78, 5) is 19.8. The van der Waals surface area contributed by atoms with Crippen molar-refractivity contribution < 1.29 is 9.53 Å². The van der Waals surface area contributed by atoms with Crippen molar-refractivity contribution in [2.75, 3.05) is 25.1 Å². The predicted molar refractivity (Wildman–Crippen MR) is 98.7 cm³/mol. The smallest absolute Gasteiger partial charge is 0.232 e. The van der Waals surface area contributed by atoms with Crippen LogP contribution in [-0.4, -0.2) is 35.6 Å². The number of H-pyrrole nitrogens is 1. The molecule has 0 spiro atoms. The van der Waals surface area contributed by atoms with Gasteiger partial charge in [0, 0.05) is 43.4 Å². The van der Waals surface area contributed by atoms with Crippen molar-refractivity contribution in [3.63, 3.8) is 0 Å². The summed E-state index contributed by atoms with van der Waals surface area (Å²) in [5, 5.41) is 2.97. The minimum absolute atomic E-state index is 0. The lowest BCUT2D eigenvalue weighted by molar-refractivity contribution is -0.130. The molecule has 0 aliphatic carbocycles. The van der Waals surface area contributed by atoms with Gasteiger partial charge in [0.1, 0.15) is 5.82 Å². The van der Waals surface area contributed by atoms with Gasteiger partial charge < -0.3 is 20.8 Å². The number of hydrogen-bond acceptors (Lipinski definition) is 4. The Morgan fingerprint density at radius 2 is 1.92 bits per heavy atom. The van der Waals surface area contributed by atoms with E-state index in [1.807, 2.05) is 24.3 Å². The maximum atomic E-state index is 12.6. The van der Waals surface area contributed by atoms with E-state index in [9.17, 15) is 4.79 Å². The number of ether oxygens (including phenoxy) is 1. The third kappa shape index (κ3) is 4.27. The third-order valence-electron chi connectivity index (χ3n) is 4.24. The quantitative estimate of drug-likeness (QED) is 0.768. The van der Waals surface area contributed by atoms with Gasteiger partial charge in [0.05, 0.1) is 5.41 Å². The Hall–Kier alpha value is -1.60. The molecule has 1 aromatic carbocycles. The van der Waals surface area contributed by atoms with Gasteiger partial charge in [-0.15, -0.1) is 24.8 Å². The number of nitrogens with two attached hydrogens (primary N) is 1. The van der Waals surface area contributed by atoms with E-state index in [4.69, 9.17) is 10.5 Å². The minimum atomic E-state index is -0.516. The number of hydrogen-bond donors (Lipinski definition) is 3. The fourth-order valence-electron chi connectivity index (χ4n) is 2.68. The molecule has 3 rings (SSSR count). The zero-order valence-electron chi connectivity index (χ0n) is 13.2. The number of nitrogens with zero attached hydrogens (tertiary/aromatic N) is 1. The topological polar surface area (TPSA) is 93.0 Å². The van der Waals surface area contributed by atoms with Crippen molar-refractivity contribution in [2.45, 2.75) is 12.8 Å². The molecular weight excluding hydrogens is 351 g/mol. The highest BCUT2D eigenvalue weighted by Crippen LogP contribution is 2.31. The van der Waals surface area contributed by atoms with Crippen LogP contribution in [0.15, 0.2) is 36.7 Å². The standard InChI is InChI=1S/C16H20N4O2.2ClH/c17-11-16(5-9-22-10-6-16)15(21)20-13-3-1-12(2-4-13)14-18-7-8-19-14;;/h1-4,7-8H,5-6,9-11,17H2,(H,18,19)(H,20,21);2*1H. The average Bonchev–Trinajstić information content (AvgIpc) is 3.10. The molecule has 0 radical (unpaired) electrons. The van der Waals surface area contributed by atoms with E-state index < -0.39 is 5.41 Å². The van der Waals surface area contributed by atoms with E-state index in [0.717, 1.165) is 17.1 Å². The number of rotatable bonds is 4. The number of halogens is 2. The highest BCUT2D eigenvalue weighted by atomic mass is 35.5. The lowest BCUT2D eigenvalue weighted by atomic mass is 9.79. The van der Waals surface area contributed by atoms with Crippen LogP contribution in [0.4, 0.5) is 5.69 Å². The van der Waals surface area contributed by atoms with E-state index in [1.165, 1.54) is 0 Å². The number of benzene rings is 1. The number of imidazole rings is 1. The second kappa shape index (κ2) is 9.03. The molecule has 1 aliphatic rings. The molecule has 2 aromatic rings. The first kappa shape index (κ1) is 20.4. The van der Waals surface area contributed by atoms with Gasteiger partial charge in [-0.3, -0.25) is 4.79 Å². The number of nitrogens with one attached hydrogen (secondary N) is 2. The Balaban J connectivity index is 0.00000144. The van der Waals surface area contributed by atoms with E-state index in [1.54, 1.807) is 12.4 Å². The summed E-state index contributed by atoms with van der Waals surface area (Å²) in [5.74, 6) is 0.782. The molecule has 6 nitrogen and oxygen atoms in total. The number of carbonyl (C=O) groups is 1. The van der Waals surface area contributed by atoms with Crippen LogP contribution < -0.4 is 11.1 Å². The Morgan fingerprint density at radius 3 is 2.46 bits per heavy atom. The predicted octanol–water partition coefficient (Wildman–Crippen LogP) is 2.61. The first-order chi connectivity index (χ1) is 10.7. The monoisotopic (exact) mass is 372 g/mol. The second-order valence-corrected chi connectivity index (χ2v) is 5.57. The van der Waals surface area contributed by atoms with E-state index >= 15 is 0 Å². The van der Waals surface area contributed by atoms with Crippen LogP contribution in [0.25, 0.3) is 11.4 Å². The molecule has 0 atom stereocenters. The Bertz CT molecular complexity index is 626. The summed E-state index contributed by atoms with van der Waals surface area (Å²) in [5.41, 5.74) is 7.07. The molecular formula is C16H22Cl2N4O2. The first-order valence-corrected chi connectivity index (χ1v) is 7.43. The van der Waals surface area contributed by atoms with Crippen LogP contribution in [0.2, 0.25) is 0 Å². The molecule has 1 aliphatic heterocycles. The van der Waals surface area contributed by atoms with Crippen LogP contribution in [0.3, 0.4) is 0 Å². The van der Waals surface area contributed by atoms with Crippen molar-refractivity contribution in [3.8, 4) is 11.4 Å². The molecule has 1 fully saturated rings. The Morgan fingerprint density at radius 1 is 1.25 bits per heavy atom. The van der Waals surface area contributed by atoms with E-state index in [-0.39, 0.29) is 30.7 Å². The number of aromatic amines is 1. The molecule has 0 unspecified atom stereocenters. The molecule has 0 saturated carbocycles. The number of carbonyl (C=O) groups excluding carboxylic acids is 1. The van der Waals surface area contributed by atoms with Gasteiger partial charge in [0.2, 0.25) is 5.91 Å². The van der Waals surface area contributed by atoms with Gasteiger partial charge >= 0.3 is 0 Å². The third-order valence-corrected chi connectivity index (χ3v) is 4.24. The van der Waals surface area contributed by atoms with Gasteiger partial charge in [-0.1, -0.05) is 0 Å². The fourth-order valence-corrected chi connectivity index (χ4v) is 2.68. The summed E-state index contributed by atoms with van der Waals surface area (Å²) >= 11 is 0. The highest BCUT2D eigenvalue weighted by molar-refractivity contribution is 5.95. The molecule has 1 saturated heterocycles. The molecule has 1 aromatic heterocycles. The zero-order chi connectivity index (χ0) is 15.4. The average molecular weight is 373 g/mol. The van der Waals surface area contributed by atoms with Gasteiger partial charge in [0.15, 0.2) is 0 Å². The Labute approximate surface area is 153 Å². The first-order valence-electron chi connectivity index (χ1n) is 7.43. The lowest BCUT2D eigenvalue weighted by Gasteiger charge is -2.34. The zero-order valence-corrected chi connectivity index (χ0v) is 14.8. The van der Waals surface area contributed by atoms with Crippen molar-refractivity contribution in [3.05, 3.63) is 36.7 Å². The van der Waals surface area contributed by atoms with Gasteiger partial charge in [-0.05, 0) is 37.1 Å². The maximum absolute atomic E-state index is 12.6. The highest BCUT2D eigenvalue weighted by Gasteiger charge is 2.38. The van der Waals surface area contributed by atoms with Crippen LogP contribution in [0.5, 0.6) is 0 Å². The molecule has 2 heterocycles.